The molecule has 0 aliphatic carbocycles. The van der Waals surface area contributed by atoms with Crippen molar-refractivity contribution in [1.82, 2.24) is 0 Å². The molecule has 0 amide bonds. The second-order valence-electron chi connectivity index (χ2n) is 15.0. The van der Waals surface area contributed by atoms with Crippen molar-refractivity contribution in [2.45, 2.75) is 26.2 Å². The fourth-order valence-electron chi connectivity index (χ4n) is 7.89. The normalized spacial score (nSPS) is 11.9. The maximum atomic E-state index is 7.23. The van der Waals surface area contributed by atoms with E-state index in [4.69, 9.17) is 23.2 Å². The number of halogens is 3. The van der Waals surface area contributed by atoms with Crippen LogP contribution in [0.5, 0.6) is 0 Å². The summed E-state index contributed by atoms with van der Waals surface area (Å²) in [7, 11) is 0. The van der Waals surface area contributed by atoms with Crippen molar-refractivity contribution in [3.8, 4) is 33.4 Å². The highest BCUT2D eigenvalue weighted by Crippen LogP contribution is 2.49. The molecular formula is C50H36BrCl2N. The van der Waals surface area contributed by atoms with Gasteiger partial charge in [-0.3, -0.25) is 0 Å². The lowest BCUT2D eigenvalue weighted by molar-refractivity contribution is 0.590. The van der Waals surface area contributed by atoms with Crippen LogP contribution in [0.2, 0.25) is 10.0 Å². The lowest BCUT2D eigenvalue weighted by Crippen LogP contribution is -2.15. The third-order valence-electron chi connectivity index (χ3n) is 10.6. The van der Waals surface area contributed by atoms with E-state index in [2.05, 4.69) is 193 Å². The summed E-state index contributed by atoms with van der Waals surface area (Å²) < 4.78 is 0.737. The van der Waals surface area contributed by atoms with Crippen molar-refractivity contribution >= 4 is 88.5 Å². The van der Waals surface area contributed by atoms with Gasteiger partial charge in [-0.2, -0.15) is 0 Å². The Hall–Kier alpha value is -5.12. The molecule has 1 nitrogen and oxygen atoms in total. The van der Waals surface area contributed by atoms with Crippen LogP contribution >= 0.6 is 39.1 Å². The fraction of sp³-hybridized carbons (Fsp3) is 0.0800. The number of hydrogen-bond acceptors (Lipinski definition) is 1. The van der Waals surface area contributed by atoms with Crippen molar-refractivity contribution in [2.75, 3.05) is 4.90 Å². The van der Waals surface area contributed by atoms with Crippen molar-refractivity contribution in [2.24, 2.45) is 0 Å². The van der Waals surface area contributed by atoms with Crippen LogP contribution in [0.25, 0.3) is 65.7 Å². The van der Waals surface area contributed by atoms with E-state index in [9.17, 15) is 0 Å². The van der Waals surface area contributed by atoms with Gasteiger partial charge in [-0.25, -0.2) is 0 Å². The van der Waals surface area contributed by atoms with Gasteiger partial charge >= 0.3 is 0 Å². The van der Waals surface area contributed by atoms with Gasteiger partial charge in [0.05, 0.1) is 16.4 Å². The minimum absolute atomic E-state index is 0.0770. The van der Waals surface area contributed by atoms with E-state index in [0.717, 1.165) is 38.2 Å². The number of hydrogen-bond donors (Lipinski definition) is 0. The highest BCUT2D eigenvalue weighted by atomic mass is 79.9. The predicted molar refractivity (Wildman–Crippen MR) is 238 cm³/mol. The van der Waals surface area contributed by atoms with Crippen molar-refractivity contribution in [3.63, 3.8) is 0 Å². The molecule has 0 unspecified atom stereocenters. The van der Waals surface area contributed by atoms with E-state index in [0.29, 0.717) is 10.0 Å². The number of anilines is 3. The predicted octanol–water partition coefficient (Wildman–Crippen LogP) is 16.4. The molecule has 0 radical (unpaired) electrons. The highest BCUT2D eigenvalue weighted by Gasteiger charge is 2.25. The summed E-state index contributed by atoms with van der Waals surface area (Å²) in [6.07, 6.45) is 0. The van der Waals surface area contributed by atoms with Gasteiger partial charge in [-0.1, -0.05) is 171 Å². The number of rotatable bonds is 6. The van der Waals surface area contributed by atoms with Gasteiger partial charge in [-0.05, 0) is 123 Å². The van der Waals surface area contributed by atoms with Crippen molar-refractivity contribution < 1.29 is 0 Å². The van der Waals surface area contributed by atoms with Crippen molar-refractivity contribution in [1.29, 1.82) is 0 Å². The molecule has 0 atom stereocenters. The van der Waals surface area contributed by atoms with Gasteiger partial charge in [0.15, 0.2) is 0 Å². The minimum Gasteiger partial charge on any atom is -0.308 e. The van der Waals surface area contributed by atoms with Crippen LogP contribution in [-0.4, -0.2) is 0 Å². The molecule has 0 heterocycles. The van der Waals surface area contributed by atoms with Gasteiger partial charge < -0.3 is 4.90 Å². The first-order chi connectivity index (χ1) is 26.2. The molecule has 54 heavy (non-hydrogen) atoms. The summed E-state index contributed by atoms with van der Waals surface area (Å²) >= 11 is 17.8. The Bertz CT molecular complexity index is 2820. The maximum absolute atomic E-state index is 7.23. The molecule has 4 heteroatoms. The Labute approximate surface area is 334 Å². The van der Waals surface area contributed by atoms with E-state index in [-0.39, 0.29) is 5.41 Å². The molecule has 0 spiro atoms. The zero-order chi connectivity index (χ0) is 37.1. The van der Waals surface area contributed by atoms with E-state index < -0.39 is 0 Å². The van der Waals surface area contributed by atoms with Crippen LogP contribution in [0.1, 0.15) is 26.3 Å². The zero-order valence-corrected chi connectivity index (χ0v) is 33.3. The average Bonchev–Trinajstić information content (AvgIpc) is 3.19. The molecule has 0 saturated heterocycles. The summed E-state index contributed by atoms with van der Waals surface area (Å²) in [5.74, 6) is 0. The molecule has 262 valence electrons. The van der Waals surface area contributed by atoms with Crippen molar-refractivity contribution in [3.05, 3.63) is 184 Å². The van der Waals surface area contributed by atoms with Crippen LogP contribution in [-0.2, 0) is 5.41 Å². The van der Waals surface area contributed by atoms with E-state index in [1.54, 1.807) is 0 Å². The largest absolute Gasteiger partial charge is 0.308 e. The Morgan fingerprint density at radius 1 is 0.481 bits per heavy atom. The summed E-state index contributed by atoms with van der Waals surface area (Å²) in [5.41, 5.74) is 10.9. The summed E-state index contributed by atoms with van der Waals surface area (Å²) in [6.45, 7) is 6.81. The third-order valence-corrected chi connectivity index (χ3v) is 12.1. The van der Waals surface area contributed by atoms with Gasteiger partial charge in [0, 0.05) is 20.7 Å². The Balaban J connectivity index is 1.29. The molecule has 0 aliphatic rings. The number of nitrogens with zero attached hydrogens (tertiary/aromatic N) is 1. The second-order valence-corrected chi connectivity index (χ2v) is 16.6. The van der Waals surface area contributed by atoms with Crippen LogP contribution in [0.15, 0.2) is 168 Å². The molecule has 9 aromatic carbocycles. The summed E-state index contributed by atoms with van der Waals surface area (Å²) in [4.78, 5) is 2.26. The first-order valence-corrected chi connectivity index (χ1v) is 19.7. The first-order valence-electron chi connectivity index (χ1n) is 18.2. The maximum Gasteiger partial charge on any atom is 0.0789 e. The van der Waals surface area contributed by atoms with E-state index in [1.807, 2.05) is 12.1 Å². The van der Waals surface area contributed by atoms with Gasteiger partial charge in [0.1, 0.15) is 0 Å². The SMILES string of the molecule is CC(C)(C)c1ccc(N(c2ccc(-c3ccccc3-c3ccccc3)cc2)c2cc(Cl)cc(Br)c2Cl)c(-c2ccc3ccc4cccc5ccc2c3c45)c1. The smallest absolute Gasteiger partial charge is 0.0789 e. The molecule has 0 aliphatic heterocycles. The molecule has 0 fully saturated rings. The van der Waals surface area contributed by atoms with E-state index in [1.165, 1.54) is 54.6 Å². The quantitative estimate of drug-likeness (QED) is 0.120. The van der Waals surface area contributed by atoms with E-state index >= 15 is 0 Å². The Morgan fingerprint density at radius 3 is 1.78 bits per heavy atom. The Kier molecular flexibility index (Phi) is 8.74. The molecular weight excluding hydrogens is 765 g/mol. The second kappa shape index (κ2) is 13.6. The number of benzene rings is 9. The molecule has 0 N–H and O–H groups in total. The van der Waals surface area contributed by atoms with Gasteiger partial charge in [0.2, 0.25) is 0 Å². The minimum atomic E-state index is -0.0770. The lowest BCUT2D eigenvalue weighted by Gasteiger charge is -2.31. The molecule has 0 bridgehead atoms. The van der Waals surface area contributed by atoms with Crippen LogP contribution < -0.4 is 4.90 Å². The third kappa shape index (κ3) is 6.03. The average molecular weight is 802 g/mol. The molecule has 0 saturated carbocycles. The zero-order valence-electron chi connectivity index (χ0n) is 30.2. The lowest BCUT2D eigenvalue weighted by atomic mass is 9.83. The fourth-order valence-corrected chi connectivity index (χ4v) is 8.88. The monoisotopic (exact) mass is 799 g/mol. The molecule has 9 aromatic rings. The molecule has 0 aromatic heterocycles. The van der Waals surface area contributed by atoms with Gasteiger partial charge in [-0.15, -0.1) is 0 Å². The first kappa shape index (κ1) is 34.6. The summed E-state index contributed by atoms with van der Waals surface area (Å²) in [5, 5.41) is 8.70. The van der Waals surface area contributed by atoms with Crippen LogP contribution in [0, 0.1) is 0 Å². The standard InChI is InChI=1S/C50H36BrCl2N/c1-50(2,3)36-22-27-45(43(28-36)41-25-20-35-17-16-33-12-9-13-34-21-26-42(41)48(35)47(33)34)54(46-30-37(52)29-44(51)49(46)53)38-23-18-32(19-24-38)40-15-8-7-14-39(40)31-10-5-4-6-11-31/h4-30H,1-3H3. The van der Waals surface area contributed by atoms with Crippen LogP contribution in [0.3, 0.4) is 0 Å². The highest BCUT2D eigenvalue weighted by molar-refractivity contribution is 9.10. The Morgan fingerprint density at radius 2 is 1.09 bits per heavy atom. The van der Waals surface area contributed by atoms with Gasteiger partial charge in [0.25, 0.3) is 0 Å². The topological polar surface area (TPSA) is 3.24 Å². The molecule has 9 rings (SSSR count). The summed E-state index contributed by atoms with van der Waals surface area (Å²) in [6, 6.07) is 58.7. The van der Waals surface area contributed by atoms with Crippen LogP contribution in [0.4, 0.5) is 17.1 Å².